The van der Waals surface area contributed by atoms with Crippen molar-refractivity contribution in [3.63, 3.8) is 0 Å². The number of benzene rings is 7. The molecule has 4 saturated carbocycles. The first kappa shape index (κ1) is 34.3. The molecule has 1 aliphatic heterocycles. The van der Waals surface area contributed by atoms with E-state index in [0.717, 1.165) is 79.8 Å². The number of hydrogen-bond acceptors (Lipinski definition) is 3. The lowest BCUT2D eigenvalue weighted by Crippen LogP contribution is -2.48. The summed E-state index contributed by atoms with van der Waals surface area (Å²) in [5.41, 5.74) is 16.0. The van der Waals surface area contributed by atoms with Crippen molar-refractivity contribution in [2.45, 2.75) is 49.4 Å². The van der Waals surface area contributed by atoms with Gasteiger partial charge in [0.1, 0.15) is 11.5 Å². The number of ether oxygens (including phenoxy) is 1. The first-order valence-electron chi connectivity index (χ1n) is 21.9. The van der Waals surface area contributed by atoms with Gasteiger partial charge in [-0.1, -0.05) is 152 Å². The van der Waals surface area contributed by atoms with E-state index in [1.165, 1.54) is 71.9 Å². The molecule has 3 heteroatoms. The van der Waals surface area contributed by atoms with E-state index in [1.807, 2.05) is 0 Å². The monoisotopic (exact) mass is 772 g/mol. The summed E-state index contributed by atoms with van der Waals surface area (Å²) in [5, 5.41) is 0. The highest BCUT2D eigenvalue weighted by Crippen LogP contribution is 2.64. The highest BCUT2D eigenvalue weighted by atomic mass is 16.5. The molecule has 4 fully saturated rings. The lowest BCUT2D eigenvalue weighted by Gasteiger charge is -2.57. The second-order valence-corrected chi connectivity index (χ2v) is 18.3. The van der Waals surface area contributed by atoms with Crippen molar-refractivity contribution in [3.05, 3.63) is 204 Å². The number of aromatic nitrogens is 2. The van der Waals surface area contributed by atoms with E-state index in [-0.39, 0.29) is 0 Å². The maximum Gasteiger partial charge on any atom is 0.160 e. The molecule has 60 heavy (non-hydrogen) atoms. The number of para-hydroxylation sites is 2. The van der Waals surface area contributed by atoms with E-state index < -0.39 is 5.41 Å². The Kier molecular flexibility index (Phi) is 7.41. The Labute approximate surface area is 351 Å². The van der Waals surface area contributed by atoms with Gasteiger partial charge >= 0.3 is 0 Å². The SMILES string of the molecule is c1ccc(-c2cccc(-c3nc(-c4ccc(C56CC7CC(CC(C7)C5)C6)cc4)cc(-c4cccc5c4-c4ccccc4C54c5ccccc5Oc5ccccc54)n3)c2)cc1. The largest absolute Gasteiger partial charge is 0.457 e. The molecule has 0 amide bonds. The lowest BCUT2D eigenvalue weighted by atomic mass is 9.48. The Hall–Kier alpha value is -6.58. The van der Waals surface area contributed by atoms with Crippen LogP contribution >= 0.6 is 0 Å². The van der Waals surface area contributed by atoms with E-state index >= 15 is 0 Å². The maximum atomic E-state index is 6.64. The van der Waals surface area contributed by atoms with Gasteiger partial charge in [0.25, 0.3) is 0 Å². The molecule has 7 aromatic carbocycles. The van der Waals surface area contributed by atoms with Crippen LogP contribution in [0.25, 0.3) is 56.2 Å². The highest BCUT2D eigenvalue weighted by Gasteiger charge is 2.53. The minimum Gasteiger partial charge on any atom is -0.457 e. The summed E-state index contributed by atoms with van der Waals surface area (Å²) in [5.74, 6) is 5.25. The normalized spacial score (nSPS) is 22.1. The third-order valence-corrected chi connectivity index (χ3v) is 14.9. The molecule has 1 aromatic heterocycles. The number of nitrogens with zero attached hydrogens (tertiary/aromatic N) is 2. The summed E-state index contributed by atoms with van der Waals surface area (Å²) in [7, 11) is 0. The van der Waals surface area contributed by atoms with Crippen molar-refractivity contribution in [2.75, 3.05) is 0 Å². The summed E-state index contributed by atoms with van der Waals surface area (Å²) in [4.78, 5) is 10.9. The van der Waals surface area contributed by atoms with Crippen molar-refractivity contribution in [1.82, 2.24) is 9.97 Å². The van der Waals surface area contributed by atoms with Crippen LogP contribution in [0.15, 0.2) is 176 Å². The molecule has 4 bridgehead atoms. The van der Waals surface area contributed by atoms with Crippen LogP contribution < -0.4 is 4.74 Å². The Bertz CT molecular complexity index is 2920. The molecule has 2 heterocycles. The van der Waals surface area contributed by atoms with Crippen molar-refractivity contribution in [3.8, 4) is 67.7 Å². The van der Waals surface area contributed by atoms with Crippen LogP contribution in [-0.4, -0.2) is 9.97 Å². The van der Waals surface area contributed by atoms with Gasteiger partial charge in [0.15, 0.2) is 5.82 Å². The molecule has 0 radical (unpaired) electrons. The third-order valence-electron chi connectivity index (χ3n) is 14.9. The van der Waals surface area contributed by atoms with Crippen LogP contribution in [0.5, 0.6) is 11.5 Å². The molecule has 6 aliphatic rings. The molecule has 0 N–H and O–H groups in total. The fourth-order valence-corrected chi connectivity index (χ4v) is 12.9. The molecule has 1 spiro atoms. The van der Waals surface area contributed by atoms with Crippen LogP contribution in [0.2, 0.25) is 0 Å². The number of hydrogen-bond donors (Lipinski definition) is 0. The predicted octanol–water partition coefficient (Wildman–Crippen LogP) is 14.1. The van der Waals surface area contributed by atoms with Gasteiger partial charge in [0.2, 0.25) is 0 Å². The predicted molar refractivity (Wildman–Crippen MR) is 241 cm³/mol. The van der Waals surface area contributed by atoms with Gasteiger partial charge in [-0.25, -0.2) is 9.97 Å². The Morgan fingerprint density at radius 1 is 0.417 bits per heavy atom. The van der Waals surface area contributed by atoms with Crippen LogP contribution in [0, 0.1) is 17.8 Å². The minimum atomic E-state index is -0.552. The minimum absolute atomic E-state index is 0.350. The zero-order chi connectivity index (χ0) is 39.4. The van der Waals surface area contributed by atoms with Crippen molar-refractivity contribution in [2.24, 2.45) is 17.8 Å². The van der Waals surface area contributed by atoms with Crippen LogP contribution in [0.3, 0.4) is 0 Å². The molecular formula is C57H44N2O. The molecule has 14 rings (SSSR count). The van der Waals surface area contributed by atoms with E-state index in [4.69, 9.17) is 14.7 Å². The summed E-state index contributed by atoms with van der Waals surface area (Å²) in [6.07, 6.45) is 8.45. The Morgan fingerprint density at radius 2 is 0.967 bits per heavy atom. The standard InChI is InChI=1S/C57H44N2O/c1-2-12-39(13-3-1)41-14-10-15-42(31-41)55-58-50(40-24-26-43(27-25-40)56-33-36-28-37(34-56)30-38(29-36)35-56)32-51(59-55)45-17-11-21-49-54(45)44-16-4-5-18-46(44)57(49)47-19-6-8-22-52(47)60-53-23-9-7-20-48(53)57/h1-27,31-32,36-38H,28-30,33-35H2. The molecular weight excluding hydrogens is 729 g/mol. The maximum absolute atomic E-state index is 6.64. The van der Waals surface area contributed by atoms with Crippen molar-refractivity contribution in [1.29, 1.82) is 0 Å². The van der Waals surface area contributed by atoms with E-state index in [2.05, 4.69) is 176 Å². The highest BCUT2D eigenvalue weighted by molar-refractivity contribution is 5.96. The number of rotatable bonds is 5. The topological polar surface area (TPSA) is 35.0 Å². The molecule has 288 valence electrons. The molecule has 5 aliphatic carbocycles. The van der Waals surface area contributed by atoms with Crippen LogP contribution in [0.4, 0.5) is 0 Å². The summed E-state index contributed by atoms with van der Waals surface area (Å²) in [6.45, 7) is 0. The molecule has 8 aromatic rings. The van der Waals surface area contributed by atoms with E-state index in [9.17, 15) is 0 Å². The van der Waals surface area contributed by atoms with Gasteiger partial charge in [0.05, 0.1) is 16.8 Å². The average molecular weight is 773 g/mol. The summed E-state index contributed by atoms with van der Waals surface area (Å²) in [6, 6.07) is 64.0. The fourth-order valence-electron chi connectivity index (χ4n) is 12.9. The summed E-state index contributed by atoms with van der Waals surface area (Å²) >= 11 is 0. The van der Waals surface area contributed by atoms with Crippen LogP contribution in [0.1, 0.15) is 66.3 Å². The summed E-state index contributed by atoms with van der Waals surface area (Å²) < 4.78 is 6.64. The van der Waals surface area contributed by atoms with Crippen molar-refractivity contribution < 1.29 is 4.74 Å². The average Bonchev–Trinajstić information content (AvgIpc) is 3.59. The third kappa shape index (κ3) is 5.02. The first-order valence-corrected chi connectivity index (χ1v) is 21.9. The lowest BCUT2D eigenvalue weighted by molar-refractivity contribution is -0.00518. The van der Waals surface area contributed by atoms with Gasteiger partial charge in [0, 0.05) is 27.8 Å². The fraction of sp³-hybridized carbons (Fsp3) is 0.193. The first-order chi connectivity index (χ1) is 29.6. The van der Waals surface area contributed by atoms with Gasteiger partial charge in [-0.05, 0) is 125 Å². The number of fused-ring (bicyclic) bond motifs is 9. The second kappa shape index (κ2) is 13.0. The van der Waals surface area contributed by atoms with Gasteiger partial charge in [-0.3, -0.25) is 0 Å². The van der Waals surface area contributed by atoms with Gasteiger partial charge < -0.3 is 4.74 Å². The van der Waals surface area contributed by atoms with Crippen molar-refractivity contribution >= 4 is 0 Å². The van der Waals surface area contributed by atoms with Gasteiger partial charge in [-0.2, -0.15) is 0 Å². The Morgan fingerprint density at radius 3 is 1.68 bits per heavy atom. The van der Waals surface area contributed by atoms with E-state index in [0.29, 0.717) is 5.41 Å². The molecule has 0 unspecified atom stereocenters. The van der Waals surface area contributed by atoms with Gasteiger partial charge in [-0.15, -0.1) is 0 Å². The van der Waals surface area contributed by atoms with E-state index in [1.54, 1.807) is 0 Å². The molecule has 0 atom stereocenters. The zero-order valence-electron chi connectivity index (χ0n) is 33.5. The Balaban J connectivity index is 1.01. The van der Waals surface area contributed by atoms with Crippen LogP contribution in [-0.2, 0) is 10.8 Å². The second-order valence-electron chi connectivity index (χ2n) is 18.3. The quantitative estimate of drug-likeness (QED) is 0.175. The molecule has 3 nitrogen and oxygen atoms in total. The smallest absolute Gasteiger partial charge is 0.160 e. The zero-order valence-corrected chi connectivity index (χ0v) is 33.5. The molecule has 0 saturated heterocycles.